The van der Waals surface area contributed by atoms with E-state index < -0.39 is 0 Å². The molecule has 2 N–H and O–H groups in total. The predicted molar refractivity (Wildman–Crippen MR) is 89.8 cm³/mol. The van der Waals surface area contributed by atoms with E-state index in [0.29, 0.717) is 17.8 Å². The van der Waals surface area contributed by atoms with Crippen molar-refractivity contribution in [1.29, 1.82) is 0 Å². The number of aromatic nitrogens is 1. The summed E-state index contributed by atoms with van der Waals surface area (Å²) in [6.45, 7) is 3.04. The van der Waals surface area contributed by atoms with Gasteiger partial charge >= 0.3 is 0 Å². The van der Waals surface area contributed by atoms with Gasteiger partial charge in [-0.1, -0.05) is 0 Å². The molecule has 4 rings (SSSR count). The lowest BCUT2D eigenvalue weighted by Crippen LogP contribution is -2.45. The molecule has 2 heterocycles. The minimum Gasteiger partial charge on any atom is -0.375 e. The number of likely N-dealkylation sites (tertiary alicyclic amines) is 1. The standard InChI is InChI=1S/C17H27N3OS/c18-16-19-13(12-22-16)11-21-15-3-9-20(10-4-15)14-1-5-17(6-2-14)7-8-17/h12,14-15H,1-11H2,(H2,18,19). The minimum atomic E-state index is 0.400. The molecule has 1 aromatic heterocycles. The van der Waals surface area contributed by atoms with Crippen LogP contribution in [0.15, 0.2) is 5.38 Å². The van der Waals surface area contributed by atoms with Gasteiger partial charge in [0.25, 0.3) is 0 Å². The first-order valence-corrected chi connectivity index (χ1v) is 9.66. The van der Waals surface area contributed by atoms with Gasteiger partial charge < -0.3 is 15.4 Å². The highest BCUT2D eigenvalue weighted by Crippen LogP contribution is 2.56. The third kappa shape index (κ3) is 3.31. The molecule has 22 heavy (non-hydrogen) atoms. The van der Waals surface area contributed by atoms with Gasteiger partial charge in [-0.3, -0.25) is 0 Å². The zero-order chi connectivity index (χ0) is 15.0. The number of hydrogen-bond acceptors (Lipinski definition) is 5. The van der Waals surface area contributed by atoms with Crippen molar-refractivity contribution < 1.29 is 4.74 Å². The lowest BCUT2D eigenvalue weighted by Gasteiger charge is -2.41. The average Bonchev–Trinajstić information content (AvgIpc) is 3.17. The van der Waals surface area contributed by atoms with Crippen molar-refractivity contribution >= 4 is 16.5 Å². The van der Waals surface area contributed by atoms with Gasteiger partial charge in [-0.05, 0) is 56.8 Å². The van der Waals surface area contributed by atoms with Crippen molar-refractivity contribution in [1.82, 2.24) is 9.88 Å². The van der Waals surface area contributed by atoms with E-state index in [-0.39, 0.29) is 0 Å². The fourth-order valence-corrected chi connectivity index (χ4v) is 4.80. The third-order valence-corrected chi connectivity index (χ3v) is 6.72. The molecule has 3 aliphatic rings. The van der Waals surface area contributed by atoms with E-state index in [1.165, 1.54) is 75.8 Å². The van der Waals surface area contributed by atoms with Crippen LogP contribution in [0.3, 0.4) is 0 Å². The average molecular weight is 321 g/mol. The molecule has 0 aromatic carbocycles. The van der Waals surface area contributed by atoms with E-state index in [9.17, 15) is 0 Å². The van der Waals surface area contributed by atoms with Gasteiger partial charge in [-0.2, -0.15) is 0 Å². The lowest BCUT2D eigenvalue weighted by atomic mass is 9.82. The van der Waals surface area contributed by atoms with Crippen LogP contribution in [0.5, 0.6) is 0 Å². The Morgan fingerprint density at radius 1 is 1.18 bits per heavy atom. The minimum absolute atomic E-state index is 0.400. The van der Waals surface area contributed by atoms with Crippen molar-refractivity contribution in [3.05, 3.63) is 11.1 Å². The number of nitrogen functional groups attached to an aromatic ring is 1. The highest BCUT2D eigenvalue weighted by Gasteiger charge is 2.45. The van der Waals surface area contributed by atoms with Crippen LogP contribution in [0, 0.1) is 5.41 Å². The van der Waals surface area contributed by atoms with Gasteiger partial charge in [0.1, 0.15) is 0 Å². The van der Waals surface area contributed by atoms with Crippen molar-refractivity contribution in [3.8, 4) is 0 Å². The van der Waals surface area contributed by atoms with Crippen LogP contribution in [0.2, 0.25) is 0 Å². The quantitative estimate of drug-likeness (QED) is 0.923. The molecule has 0 atom stereocenters. The Kier molecular flexibility index (Phi) is 4.13. The number of rotatable bonds is 4. The van der Waals surface area contributed by atoms with Crippen LogP contribution in [0.1, 0.15) is 57.1 Å². The molecule has 1 aliphatic heterocycles. The van der Waals surface area contributed by atoms with E-state index in [1.54, 1.807) is 0 Å². The normalized spacial score (nSPS) is 26.5. The van der Waals surface area contributed by atoms with Crippen molar-refractivity contribution in [2.45, 2.75) is 70.1 Å². The first kappa shape index (κ1) is 14.9. The Labute approximate surface area is 137 Å². The smallest absolute Gasteiger partial charge is 0.180 e. The van der Waals surface area contributed by atoms with Crippen molar-refractivity contribution in [3.63, 3.8) is 0 Å². The van der Waals surface area contributed by atoms with Crippen molar-refractivity contribution in [2.24, 2.45) is 5.41 Å². The van der Waals surface area contributed by atoms with Crippen LogP contribution < -0.4 is 5.73 Å². The topological polar surface area (TPSA) is 51.4 Å². The molecule has 5 heteroatoms. The number of thiazole rings is 1. The fourth-order valence-electron chi connectivity index (χ4n) is 4.26. The second-order valence-corrected chi connectivity index (χ2v) is 8.34. The molecule has 3 fully saturated rings. The summed E-state index contributed by atoms with van der Waals surface area (Å²) in [5.74, 6) is 0. The van der Waals surface area contributed by atoms with Gasteiger partial charge in [0, 0.05) is 24.5 Å². The molecule has 1 saturated heterocycles. The van der Waals surface area contributed by atoms with E-state index >= 15 is 0 Å². The predicted octanol–water partition coefficient (Wildman–Crippen LogP) is 3.43. The van der Waals surface area contributed by atoms with Crippen LogP contribution in [-0.4, -0.2) is 35.1 Å². The molecule has 122 valence electrons. The molecular formula is C17H27N3OS. The number of piperidine rings is 1. The third-order valence-electron chi connectivity index (χ3n) is 6.00. The molecule has 2 aliphatic carbocycles. The monoisotopic (exact) mass is 321 g/mol. The van der Waals surface area contributed by atoms with E-state index in [1.807, 2.05) is 5.38 Å². The SMILES string of the molecule is Nc1nc(COC2CCN(C3CCC4(CC3)CC4)CC2)cs1. The summed E-state index contributed by atoms with van der Waals surface area (Å²) in [5, 5.41) is 2.64. The fraction of sp³-hybridized carbons (Fsp3) is 0.824. The van der Waals surface area contributed by atoms with Gasteiger partial charge in [0.05, 0.1) is 18.4 Å². The summed E-state index contributed by atoms with van der Waals surface area (Å²) in [6, 6.07) is 0.852. The number of nitrogens with zero attached hydrogens (tertiary/aromatic N) is 2. The van der Waals surface area contributed by atoms with Gasteiger partial charge in [0.2, 0.25) is 0 Å². The van der Waals surface area contributed by atoms with Gasteiger partial charge in [-0.25, -0.2) is 4.98 Å². The lowest BCUT2D eigenvalue weighted by molar-refractivity contribution is -0.0175. The zero-order valence-electron chi connectivity index (χ0n) is 13.3. The van der Waals surface area contributed by atoms with E-state index in [2.05, 4.69) is 9.88 Å². The Hall–Kier alpha value is -0.650. The number of anilines is 1. The highest BCUT2D eigenvalue weighted by atomic mass is 32.1. The van der Waals surface area contributed by atoms with E-state index in [0.717, 1.165) is 17.2 Å². The van der Waals surface area contributed by atoms with Gasteiger partial charge in [-0.15, -0.1) is 11.3 Å². The second-order valence-electron chi connectivity index (χ2n) is 7.45. The molecule has 2 saturated carbocycles. The van der Waals surface area contributed by atoms with Gasteiger partial charge in [0.15, 0.2) is 5.13 Å². The Morgan fingerprint density at radius 2 is 1.91 bits per heavy atom. The molecular weight excluding hydrogens is 294 g/mol. The summed E-state index contributed by atoms with van der Waals surface area (Å²) in [5.41, 5.74) is 7.45. The maximum absolute atomic E-state index is 6.02. The number of hydrogen-bond donors (Lipinski definition) is 1. The van der Waals surface area contributed by atoms with Crippen LogP contribution >= 0.6 is 11.3 Å². The Balaban J connectivity index is 1.19. The Bertz CT molecular complexity index is 496. The number of nitrogens with two attached hydrogens (primary N) is 1. The molecule has 0 amide bonds. The molecule has 0 radical (unpaired) electrons. The highest BCUT2D eigenvalue weighted by molar-refractivity contribution is 7.13. The largest absolute Gasteiger partial charge is 0.375 e. The summed E-state index contributed by atoms with van der Waals surface area (Å²) in [6.07, 6.45) is 11.6. The summed E-state index contributed by atoms with van der Waals surface area (Å²) in [7, 11) is 0. The second kappa shape index (κ2) is 6.10. The molecule has 1 spiro atoms. The zero-order valence-corrected chi connectivity index (χ0v) is 14.1. The first-order chi connectivity index (χ1) is 10.7. The van der Waals surface area contributed by atoms with Crippen LogP contribution in [0.4, 0.5) is 5.13 Å². The number of ether oxygens (including phenoxy) is 1. The molecule has 4 nitrogen and oxygen atoms in total. The maximum atomic E-state index is 6.02. The van der Waals surface area contributed by atoms with E-state index in [4.69, 9.17) is 10.5 Å². The summed E-state index contributed by atoms with van der Waals surface area (Å²) >= 11 is 1.49. The molecule has 0 unspecified atom stereocenters. The molecule has 1 aromatic rings. The summed E-state index contributed by atoms with van der Waals surface area (Å²) in [4.78, 5) is 7.00. The van der Waals surface area contributed by atoms with Crippen molar-refractivity contribution in [2.75, 3.05) is 18.8 Å². The van der Waals surface area contributed by atoms with Crippen LogP contribution in [-0.2, 0) is 11.3 Å². The summed E-state index contributed by atoms with van der Waals surface area (Å²) < 4.78 is 6.02. The Morgan fingerprint density at radius 3 is 2.50 bits per heavy atom. The molecule has 0 bridgehead atoms. The van der Waals surface area contributed by atoms with Crippen LogP contribution in [0.25, 0.3) is 0 Å². The maximum Gasteiger partial charge on any atom is 0.180 e. The first-order valence-electron chi connectivity index (χ1n) is 8.78.